The quantitative estimate of drug-likeness (QED) is 0.697. The summed E-state index contributed by atoms with van der Waals surface area (Å²) in [7, 11) is 0. The molecule has 0 aliphatic carbocycles. The van der Waals surface area contributed by atoms with Crippen molar-refractivity contribution in [3.05, 3.63) is 29.8 Å². The Morgan fingerprint density at radius 3 is 2.63 bits per heavy atom. The smallest absolute Gasteiger partial charge is 0.303 e. The predicted octanol–water partition coefficient (Wildman–Crippen LogP) is 1.63. The van der Waals surface area contributed by atoms with Crippen molar-refractivity contribution in [1.29, 1.82) is 0 Å². The summed E-state index contributed by atoms with van der Waals surface area (Å²) in [6, 6.07) is 7.23. The number of aliphatic carboxylic acids is 1. The molecular weight excluding hydrogens is 244 g/mol. The number of benzene rings is 1. The van der Waals surface area contributed by atoms with Gasteiger partial charge in [0.05, 0.1) is 5.92 Å². The van der Waals surface area contributed by atoms with Crippen molar-refractivity contribution >= 4 is 17.6 Å². The summed E-state index contributed by atoms with van der Waals surface area (Å²) in [5.74, 6) is -1.19. The number of para-hydroxylation sites is 1. The molecule has 1 atom stereocenters. The van der Waals surface area contributed by atoms with E-state index in [1.54, 1.807) is 6.07 Å². The van der Waals surface area contributed by atoms with Gasteiger partial charge < -0.3 is 16.2 Å². The highest BCUT2D eigenvalue weighted by molar-refractivity contribution is 5.93. The number of carbonyl (C=O) groups is 2. The number of rotatable bonds is 7. The molecule has 0 heterocycles. The highest BCUT2D eigenvalue weighted by Crippen LogP contribution is 2.18. The normalized spacial score (nSPS) is 11.9. The second-order valence-corrected chi connectivity index (χ2v) is 4.38. The molecule has 5 heteroatoms. The number of hydrogen-bond donors (Lipinski definition) is 3. The Labute approximate surface area is 112 Å². The minimum atomic E-state index is -0.852. The van der Waals surface area contributed by atoms with Crippen LogP contribution in [0, 0.1) is 5.92 Å². The molecule has 0 fully saturated rings. The van der Waals surface area contributed by atoms with Gasteiger partial charge in [-0.15, -0.1) is 0 Å². The fourth-order valence-electron chi connectivity index (χ4n) is 1.80. The van der Waals surface area contributed by atoms with E-state index in [4.69, 9.17) is 10.8 Å². The molecule has 0 saturated carbocycles. The van der Waals surface area contributed by atoms with Crippen LogP contribution in [0.3, 0.4) is 0 Å². The number of carboxylic acids is 1. The molecule has 0 aliphatic rings. The van der Waals surface area contributed by atoms with Crippen LogP contribution in [-0.4, -0.2) is 23.5 Å². The fraction of sp³-hybridized carbons (Fsp3) is 0.429. The van der Waals surface area contributed by atoms with Crippen LogP contribution in [0.1, 0.15) is 25.3 Å². The first kappa shape index (κ1) is 15.2. The summed E-state index contributed by atoms with van der Waals surface area (Å²) in [5.41, 5.74) is 7.03. The van der Waals surface area contributed by atoms with Gasteiger partial charge in [-0.25, -0.2) is 0 Å². The van der Waals surface area contributed by atoms with Crippen LogP contribution in [0.5, 0.6) is 0 Å². The molecule has 0 aromatic heterocycles. The van der Waals surface area contributed by atoms with E-state index >= 15 is 0 Å². The van der Waals surface area contributed by atoms with E-state index in [-0.39, 0.29) is 18.2 Å². The largest absolute Gasteiger partial charge is 0.481 e. The summed E-state index contributed by atoms with van der Waals surface area (Å²) in [4.78, 5) is 22.6. The van der Waals surface area contributed by atoms with Crippen LogP contribution < -0.4 is 11.1 Å². The van der Waals surface area contributed by atoms with Gasteiger partial charge in [0.1, 0.15) is 0 Å². The Balaban J connectivity index is 2.77. The average molecular weight is 264 g/mol. The van der Waals surface area contributed by atoms with Crippen LogP contribution in [0.2, 0.25) is 0 Å². The summed E-state index contributed by atoms with van der Waals surface area (Å²) in [6.07, 6.45) is 1.12. The summed E-state index contributed by atoms with van der Waals surface area (Å²) < 4.78 is 0. The Kier molecular flexibility index (Phi) is 6.02. The molecule has 19 heavy (non-hydrogen) atoms. The van der Waals surface area contributed by atoms with Crippen molar-refractivity contribution in [1.82, 2.24) is 0 Å². The minimum absolute atomic E-state index is 0.0426. The van der Waals surface area contributed by atoms with Gasteiger partial charge >= 0.3 is 5.97 Å². The third kappa shape index (κ3) is 4.71. The molecular formula is C14H20N2O3. The molecule has 0 spiro atoms. The van der Waals surface area contributed by atoms with E-state index in [2.05, 4.69) is 5.32 Å². The van der Waals surface area contributed by atoms with E-state index < -0.39 is 5.97 Å². The fourth-order valence-corrected chi connectivity index (χ4v) is 1.80. The lowest BCUT2D eigenvalue weighted by Gasteiger charge is -2.15. The Morgan fingerprint density at radius 2 is 2.05 bits per heavy atom. The second-order valence-electron chi connectivity index (χ2n) is 4.38. The van der Waals surface area contributed by atoms with E-state index in [0.29, 0.717) is 25.1 Å². The molecule has 0 saturated heterocycles. The van der Waals surface area contributed by atoms with Gasteiger partial charge in [0.2, 0.25) is 5.91 Å². The number of carbonyl (C=O) groups excluding carboxylic acids is 1. The van der Waals surface area contributed by atoms with Crippen molar-refractivity contribution in [3.63, 3.8) is 0 Å². The molecule has 0 radical (unpaired) electrons. The summed E-state index contributed by atoms with van der Waals surface area (Å²) in [6.45, 7) is 2.22. The average Bonchev–Trinajstić information content (AvgIpc) is 2.39. The third-order valence-corrected chi connectivity index (χ3v) is 3.03. The standard InChI is InChI=1S/C14H20N2O3/c1-2-10(9-15)14(19)16-12-6-4-3-5-11(12)7-8-13(17)18/h3-6,10H,2,7-9,15H2,1H3,(H,16,19)(H,17,18). The van der Waals surface area contributed by atoms with E-state index in [1.165, 1.54) is 0 Å². The number of nitrogens with two attached hydrogens (primary N) is 1. The Hall–Kier alpha value is -1.88. The maximum absolute atomic E-state index is 12.0. The summed E-state index contributed by atoms with van der Waals surface area (Å²) in [5, 5.41) is 11.5. The van der Waals surface area contributed by atoms with Crippen LogP contribution in [0.4, 0.5) is 5.69 Å². The lowest BCUT2D eigenvalue weighted by molar-refractivity contribution is -0.137. The van der Waals surface area contributed by atoms with E-state index in [9.17, 15) is 9.59 Å². The van der Waals surface area contributed by atoms with Crippen molar-refractivity contribution in [2.45, 2.75) is 26.2 Å². The molecule has 5 nitrogen and oxygen atoms in total. The van der Waals surface area contributed by atoms with Gasteiger partial charge in [0.15, 0.2) is 0 Å². The van der Waals surface area contributed by atoms with Crippen molar-refractivity contribution in [2.24, 2.45) is 11.7 Å². The van der Waals surface area contributed by atoms with Crippen LogP contribution in [-0.2, 0) is 16.0 Å². The van der Waals surface area contributed by atoms with Crippen molar-refractivity contribution in [2.75, 3.05) is 11.9 Å². The number of amides is 1. The monoisotopic (exact) mass is 264 g/mol. The highest BCUT2D eigenvalue weighted by atomic mass is 16.4. The molecule has 4 N–H and O–H groups in total. The van der Waals surface area contributed by atoms with Crippen LogP contribution in [0.15, 0.2) is 24.3 Å². The number of anilines is 1. The molecule has 0 bridgehead atoms. The van der Waals surface area contributed by atoms with Gasteiger partial charge in [0.25, 0.3) is 0 Å². The lowest BCUT2D eigenvalue weighted by Crippen LogP contribution is -2.29. The lowest BCUT2D eigenvalue weighted by atomic mass is 10.0. The molecule has 104 valence electrons. The molecule has 1 rings (SSSR count). The summed E-state index contributed by atoms with van der Waals surface area (Å²) >= 11 is 0. The van der Waals surface area contributed by atoms with Gasteiger partial charge in [-0.05, 0) is 24.5 Å². The highest BCUT2D eigenvalue weighted by Gasteiger charge is 2.15. The number of carboxylic acid groups (broad SMARTS) is 1. The SMILES string of the molecule is CCC(CN)C(=O)Nc1ccccc1CCC(=O)O. The van der Waals surface area contributed by atoms with Gasteiger partial charge in [-0.1, -0.05) is 25.1 Å². The Bertz CT molecular complexity index is 442. The van der Waals surface area contributed by atoms with Crippen molar-refractivity contribution in [3.8, 4) is 0 Å². The molecule has 1 aromatic carbocycles. The van der Waals surface area contributed by atoms with Crippen molar-refractivity contribution < 1.29 is 14.7 Å². The van der Waals surface area contributed by atoms with Crippen LogP contribution in [0.25, 0.3) is 0 Å². The first-order chi connectivity index (χ1) is 9.08. The van der Waals surface area contributed by atoms with Gasteiger partial charge in [-0.2, -0.15) is 0 Å². The van der Waals surface area contributed by atoms with Crippen LogP contribution >= 0.6 is 0 Å². The first-order valence-corrected chi connectivity index (χ1v) is 6.39. The second kappa shape index (κ2) is 7.53. The predicted molar refractivity (Wildman–Crippen MR) is 73.9 cm³/mol. The van der Waals surface area contributed by atoms with Gasteiger partial charge in [0, 0.05) is 18.7 Å². The first-order valence-electron chi connectivity index (χ1n) is 6.39. The maximum Gasteiger partial charge on any atom is 0.303 e. The zero-order valence-electron chi connectivity index (χ0n) is 11.1. The van der Waals surface area contributed by atoms with E-state index in [1.807, 2.05) is 25.1 Å². The Morgan fingerprint density at radius 1 is 1.37 bits per heavy atom. The molecule has 1 amide bonds. The topological polar surface area (TPSA) is 92.4 Å². The number of nitrogens with one attached hydrogen (secondary N) is 1. The van der Waals surface area contributed by atoms with E-state index in [0.717, 1.165) is 5.56 Å². The minimum Gasteiger partial charge on any atom is -0.481 e. The number of aryl methyl sites for hydroxylation is 1. The third-order valence-electron chi connectivity index (χ3n) is 3.03. The zero-order chi connectivity index (χ0) is 14.3. The maximum atomic E-state index is 12.0. The van der Waals surface area contributed by atoms with Gasteiger partial charge in [-0.3, -0.25) is 9.59 Å². The number of hydrogen-bond acceptors (Lipinski definition) is 3. The molecule has 1 unspecified atom stereocenters. The molecule has 1 aromatic rings. The zero-order valence-corrected chi connectivity index (χ0v) is 11.1. The molecule has 0 aliphatic heterocycles.